The molecular weight excluding hydrogens is 306 g/mol. The molecule has 0 unspecified atom stereocenters. The minimum absolute atomic E-state index is 0.00562. The Morgan fingerprint density at radius 1 is 1.23 bits per heavy atom. The average Bonchev–Trinajstić information content (AvgIpc) is 2.87. The number of benzene rings is 1. The number of fused-ring (bicyclic) bond motifs is 2. The van der Waals surface area contributed by atoms with Gasteiger partial charge in [-0.25, -0.2) is 0 Å². The summed E-state index contributed by atoms with van der Waals surface area (Å²) in [5.74, 6) is 1.78. The van der Waals surface area contributed by atoms with Gasteiger partial charge in [0.15, 0.2) is 11.5 Å². The Kier molecular flexibility index (Phi) is 3.62. The Labute approximate surface area is 133 Å². The fourth-order valence-electron chi connectivity index (χ4n) is 3.44. The number of halogens is 1. The van der Waals surface area contributed by atoms with Gasteiger partial charge in [-0.1, -0.05) is 11.6 Å². The van der Waals surface area contributed by atoms with Crippen LogP contribution in [0.2, 0.25) is 5.02 Å². The maximum absolute atomic E-state index is 12.2. The minimum atomic E-state index is -0.00562. The van der Waals surface area contributed by atoms with Crippen LogP contribution in [0.25, 0.3) is 0 Å². The molecule has 118 valence electrons. The normalized spacial score (nSPS) is 28.7. The zero-order valence-electron chi connectivity index (χ0n) is 12.1. The molecule has 4 rings (SSSR count). The van der Waals surface area contributed by atoms with Gasteiger partial charge < -0.3 is 19.5 Å². The van der Waals surface area contributed by atoms with E-state index >= 15 is 0 Å². The smallest absolute Gasteiger partial charge is 0.224 e. The van der Waals surface area contributed by atoms with Crippen molar-refractivity contribution in [3.8, 4) is 11.5 Å². The molecule has 2 aliphatic heterocycles. The summed E-state index contributed by atoms with van der Waals surface area (Å²) in [5, 5.41) is 3.63. The lowest BCUT2D eigenvalue weighted by molar-refractivity contribution is -0.123. The molecule has 1 aromatic rings. The molecule has 3 atom stereocenters. The van der Waals surface area contributed by atoms with E-state index in [4.69, 9.17) is 25.8 Å². The molecule has 0 radical (unpaired) electrons. The molecule has 3 aliphatic rings. The first kappa shape index (κ1) is 14.2. The Morgan fingerprint density at radius 2 is 2.00 bits per heavy atom. The lowest BCUT2D eigenvalue weighted by atomic mass is 9.76. The number of carbonyl (C=O) groups excluding carboxylic acids is 1. The van der Waals surface area contributed by atoms with Crippen LogP contribution < -0.4 is 14.8 Å². The van der Waals surface area contributed by atoms with E-state index < -0.39 is 0 Å². The van der Waals surface area contributed by atoms with E-state index in [-0.39, 0.29) is 18.4 Å². The number of nitrogens with one attached hydrogen (secondary N) is 1. The summed E-state index contributed by atoms with van der Waals surface area (Å²) < 4.78 is 16.6. The van der Waals surface area contributed by atoms with Crippen LogP contribution in [0.5, 0.6) is 11.5 Å². The van der Waals surface area contributed by atoms with Gasteiger partial charge in [-0.05, 0) is 24.5 Å². The Bertz CT molecular complexity index is 606. The van der Waals surface area contributed by atoms with E-state index in [1.54, 1.807) is 12.1 Å². The van der Waals surface area contributed by atoms with Gasteiger partial charge in [-0.3, -0.25) is 4.79 Å². The largest absolute Gasteiger partial charge is 0.486 e. The first-order valence-corrected chi connectivity index (χ1v) is 8.07. The third kappa shape index (κ3) is 2.52. The monoisotopic (exact) mass is 323 g/mol. The standard InChI is InChI=1S/C16H18ClNO4/c17-11-7-15-14(21-3-4-22-15)5-9(11)6-16(19)18-12-8-13-10(12)1-2-20-13/h5,7,10,12-13H,1-4,6,8H2,(H,18,19)/t10-,12+,13+/m1/s1. The van der Waals surface area contributed by atoms with E-state index in [2.05, 4.69) is 5.32 Å². The lowest BCUT2D eigenvalue weighted by Crippen LogP contribution is -2.53. The molecule has 1 aromatic carbocycles. The van der Waals surface area contributed by atoms with Crippen LogP contribution in [0.4, 0.5) is 0 Å². The molecule has 2 heterocycles. The number of hydrogen-bond acceptors (Lipinski definition) is 4. The zero-order valence-corrected chi connectivity index (χ0v) is 12.9. The molecule has 1 saturated heterocycles. The van der Waals surface area contributed by atoms with Gasteiger partial charge in [0.25, 0.3) is 0 Å². The summed E-state index contributed by atoms with van der Waals surface area (Å²) in [4.78, 5) is 12.2. The van der Waals surface area contributed by atoms with Gasteiger partial charge in [0.05, 0.1) is 12.5 Å². The van der Waals surface area contributed by atoms with Gasteiger partial charge in [0, 0.05) is 29.7 Å². The molecule has 6 heteroatoms. The highest BCUT2D eigenvalue weighted by Crippen LogP contribution is 2.39. The van der Waals surface area contributed by atoms with Crippen molar-refractivity contribution in [2.45, 2.75) is 31.4 Å². The highest BCUT2D eigenvalue weighted by atomic mass is 35.5. The van der Waals surface area contributed by atoms with E-state index in [1.807, 2.05) is 0 Å². The molecule has 0 bridgehead atoms. The predicted octanol–water partition coefficient (Wildman–Crippen LogP) is 1.95. The van der Waals surface area contributed by atoms with Gasteiger partial charge >= 0.3 is 0 Å². The summed E-state index contributed by atoms with van der Waals surface area (Å²) in [7, 11) is 0. The van der Waals surface area contributed by atoms with Crippen LogP contribution >= 0.6 is 11.6 Å². The van der Waals surface area contributed by atoms with Gasteiger partial charge in [0.2, 0.25) is 5.91 Å². The van der Waals surface area contributed by atoms with Gasteiger partial charge in [-0.15, -0.1) is 0 Å². The molecular formula is C16H18ClNO4. The quantitative estimate of drug-likeness (QED) is 0.923. The molecule has 0 spiro atoms. The minimum Gasteiger partial charge on any atom is -0.486 e. The van der Waals surface area contributed by atoms with E-state index in [0.29, 0.717) is 41.8 Å². The second-order valence-electron chi connectivity index (χ2n) is 6.04. The van der Waals surface area contributed by atoms with Gasteiger partial charge in [-0.2, -0.15) is 0 Å². The highest BCUT2D eigenvalue weighted by Gasteiger charge is 2.45. The van der Waals surface area contributed by atoms with Gasteiger partial charge in [0.1, 0.15) is 13.2 Å². The maximum Gasteiger partial charge on any atom is 0.224 e. The number of amides is 1. The zero-order chi connectivity index (χ0) is 15.1. The van der Waals surface area contributed by atoms with Crippen LogP contribution in [-0.2, 0) is 16.0 Å². The van der Waals surface area contributed by atoms with Crippen LogP contribution in [-0.4, -0.2) is 37.9 Å². The number of ether oxygens (including phenoxy) is 3. The maximum atomic E-state index is 12.2. The fourth-order valence-corrected chi connectivity index (χ4v) is 3.66. The van der Waals surface area contributed by atoms with Crippen molar-refractivity contribution >= 4 is 17.5 Å². The predicted molar refractivity (Wildman–Crippen MR) is 80.5 cm³/mol. The molecule has 5 nitrogen and oxygen atoms in total. The number of carbonyl (C=O) groups is 1. The van der Waals surface area contributed by atoms with E-state index in [9.17, 15) is 4.79 Å². The summed E-state index contributed by atoms with van der Waals surface area (Å²) >= 11 is 6.24. The van der Waals surface area contributed by atoms with Crippen LogP contribution in [0.3, 0.4) is 0 Å². The number of hydrogen-bond donors (Lipinski definition) is 1. The highest BCUT2D eigenvalue weighted by molar-refractivity contribution is 6.31. The van der Waals surface area contributed by atoms with Crippen molar-refractivity contribution in [3.05, 3.63) is 22.7 Å². The second kappa shape index (κ2) is 5.63. The van der Waals surface area contributed by atoms with Crippen molar-refractivity contribution in [2.75, 3.05) is 19.8 Å². The topological polar surface area (TPSA) is 56.8 Å². The summed E-state index contributed by atoms with van der Waals surface area (Å²) in [6.07, 6.45) is 2.57. The van der Waals surface area contributed by atoms with Crippen LogP contribution in [0.1, 0.15) is 18.4 Å². The Morgan fingerprint density at radius 3 is 2.77 bits per heavy atom. The molecule has 1 aliphatic carbocycles. The average molecular weight is 324 g/mol. The van der Waals surface area contributed by atoms with Crippen molar-refractivity contribution < 1.29 is 19.0 Å². The fraction of sp³-hybridized carbons (Fsp3) is 0.562. The lowest BCUT2D eigenvalue weighted by Gasteiger charge is -2.39. The van der Waals surface area contributed by atoms with Crippen molar-refractivity contribution in [1.29, 1.82) is 0 Å². The SMILES string of the molecule is O=C(Cc1cc2c(cc1Cl)OCCO2)N[C@H]1C[C@@H]2OCC[C@H]12. The third-order valence-electron chi connectivity index (χ3n) is 4.67. The molecule has 1 N–H and O–H groups in total. The Balaban J connectivity index is 1.41. The first-order valence-electron chi connectivity index (χ1n) is 7.69. The van der Waals surface area contributed by atoms with Crippen LogP contribution in [0, 0.1) is 5.92 Å². The second-order valence-corrected chi connectivity index (χ2v) is 6.44. The molecule has 0 aromatic heterocycles. The molecule has 1 amide bonds. The first-order chi connectivity index (χ1) is 10.7. The summed E-state index contributed by atoms with van der Waals surface area (Å²) in [6, 6.07) is 3.78. The Hall–Kier alpha value is -1.46. The summed E-state index contributed by atoms with van der Waals surface area (Å²) in [6.45, 7) is 1.86. The van der Waals surface area contributed by atoms with Crippen molar-refractivity contribution in [3.63, 3.8) is 0 Å². The molecule has 22 heavy (non-hydrogen) atoms. The van der Waals surface area contributed by atoms with E-state index in [1.165, 1.54) is 0 Å². The molecule has 1 saturated carbocycles. The summed E-state index contributed by atoms with van der Waals surface area (Å²) in [5.41, 5.74) is 0.766. The van der Waals surface area contributed by atoms with E-state index in [0.717, 1.165) is 25.0 Å². The van der Waals surface area contributed by atoms with Crippen LogP contribution in [0.15, 0.2) is 12.1 Å². The van der Waals surface area contributed by atoms with Crippen molar-refractivity contribution in [2.24, 2.45) is 5.92 Å². The molecule has 2 fully saturated rings. The van der Waals surface area contributed by atoms with Crippen molar-refractivity contribution in [1.82, 2.24) is 5.32 Å². The third-order valence-corrected chi connectivity index (χ3v) is 5.02. The number of rotatable bonds is 3.